The summed E-state index contributed by atoms with van der Waals surface area (Å²) in [5.41, 5.74) is 2.19. The number of carbonyl (C=O) groups is 1. The lowest BCUT2D eigenvalue weighted by Gasteiger charge is -2.30. The Balaban J connectivity index is 1.47. The van der Waals surface area contributed by atoms with Gasteiger partial charge in [-0.25, -0.2) is 4.68 Å². The molecular weight excluding hydrogens is 434 g/mol. The van der Waals surface area contributed by atoms with Crippen molar-refractivity contribution in [3.05, 3.63) is 71.5 Å². The summed E-state index contributed by atoms with van der Waals surface area (Å²) in [7, 11) is 0. The molecule has 2 aromatic carbocycles. The van der Waals surface area contributed by atoms with E-state index in [4.69, 9.17) is 10.6 Å². The quantitative estimate of drug-likeness (QED) is 0.388. The van der Waals surface area contributed by atoms with Crippen LogP contribution < -0.4 is 10.6 Å². The highest BCUT2D eigenvalue weighted by Gasteiger charge is 2.30. The van der Waals surface area contributed by atoms with Gasteiger partial charge in [-0.15, -0.1) is 10.2 Å². The first-order valence-corrected chi connectivity index (χ1v) is 12.3. The van der Waals surface area contributed by atoms with E-state index in [-0.39, 0.29) is 12.5 Å². The average molecular weight is 466 g/mol. The third-order valence-electron chi connectivity index (χ3n) is 5.87. The number of nitrogens with two attached hydrogens (primary N) is 1. The number of benzene rings is 2. The Bertz CT molecular complexity index is 1050. The van der Waals surface area contributed by atoms with E-state index in [9.17, 15) is 4.79 Å². The molecular formula is C25H31N5O2S. The van der Waals surface area contributed by atoms with Crippen molar-refractivity contribution in [2.24, 2.45) is 0 Å². The van der Waals surface area contributed by atoms with Gasteiger partial charge in [-0.2, -0.15) is 0 Å². The van der Waals surface area contributed by atoms with Gasteiger partial charge in [0.25, 0.3) is 0 Å². The van der Waals surface area contributed by atoms with Crippen LogP contribution in [0.5, 0.6) is 5.75 Å². The smallest absolute Gasteiger partial charge is 0.240 e. The van der Waals surface area contributed by atoms with Crippen molar-refractivity contribution in [2.45, 2.75) is 56.0 Å². The van der Waals surface area contributed by atoms with Crippen molar-refractivity contribution in [3.63, 3.8) is 0 Å². The van der Waals surface area contributed by atoms with Crippen LogP contribution in [0.3, 0.4) is 0 Å². The number of aromatic nitrogens is 3. The van der Waals surface area contributed by atoms with Gasteiger partial charge in [0.05, 0.1) is 0 Å². The van der Waals surface area contributed by atoms with Crippen LogP contribution in [0.4, 0.5) is 0 Å². The van der Waals surface area contributed by atoms with Crippen LogP contribution in [0.25, 0.3) is 0 Å². The predicted octanol–water partition coefficient (Wildman–Crippen LogP) is 4.54. The summed E-state index contributed by atoms with van der Waals surface area (Å²) < 4.78 is 7.29. The number of hydrogen-bond acceptors (Lipinski definition) is 6. The molecule has 0 bridgehead atoms. The number of ether oxygens (including phenoxy) is 1. The molecule has 1 fully saturated rings. The summed E-state index contributed by atoms with van der Waals surface area (Å²) >= 11 is 1.34. The molecule has 0 aliphatic carbocycles. The number of hydrogen-bond donors (Lipinski definition) is 1. The van der Waals surface area contributed by atoms with Gasteiger partial charge in [-0.05, 0) is 48.4 Å². The minimum Gasteiger partial charge on any atom is -0.486 e. The van der Waals surface area contributed by atoms with Crippen molar-refractivity contribution >= 4 is 17.7 Å². The lowest BCUT2D eigenvalue weighted by Crippen LogP contribution is -2.38. The standard InChI is InChI=1S/C25H31N5O2S/c1-18(2)19-11-13-21(14-12-19)32-17-22-27-28-25(30(22)26)33-23(20-9-5-3-6-10-20)24(31)29-15-7-4-8-16-29/h3,5-6,9-14,18,23H,4,7-8,15-17,26H2,1-2H3/t23-/m0/s1. The van der Waals surface area contributed by atoms with Crippen LogP contribution in [0.15, 0.2) is 59.8 Å². The maximum absolute atomic E-state index is 13.4. The molecule has 1 aliphatic rings. The van der Waals surface area contributed by atoms with Gasteiger partial charge in [0, 0.05) is 13.1 Å². The number of nitrogen functional groups attached to an aromatic ring is 1. The lowest BCUT2D eigenvalue weighted by molar-refractivity contribution is -0.131. The SMILES string of the molecule is CC(C)c1ccc(OCc2nnc(S[C@H](C(=O)N3CCCCC3)c3ccccc3)n2N)cc1. The molecule has 4 rings (SSSR count). The van der Waals surface area contributed by atoms with Crippen molar-refractivity contribution in [2.75, 3.05) is 18.9 Å². The Morgan fingerprint density at radius 3 is 2.36 bits per heavy atom. The van der Waals surface area contributed by atoms with Crippen LogP contribution in [0, 0.1) is 0 Å². The average Bonchev–Trinajstić information content (AvgIpc) is 3.21. The van der Waals surface area contributed by atoms with Gasteiger partial charge in [0.2, 0.25) is 11.1 Å². The first-order valence-electron chi connectivity index (χ1n) is 11.5. The Morgan fingerprint density at radius 2 is 1.70 bits per heavy atom. The van der Waals surface area contributed by atoms with E-state index in [2.05, 4.69) is 36.2 Å². The maximum Gasteiger partial charge on any atom is 0.240 e. The molecule has 174 valence electrons. The summed E-state index contributed by atoms with van der Waals surface area (Å²) in [6.07, 6.45) is 3.27. The lowest BCUT2D eigenvalue weighted by atomic mass is 10.0. The van der Waals surface area contributed by atoms with E-state index in [1.54, 1.807) is 0 Å². The molecule has 1 atom stereocenters. The zero-order chi connectivity index (χ0) is 23.2. The first kappa shape index (κ1) is 23.2. The third-order valence-corrected chi connectivity index (χ3v) is 7.07. The van der Waals surface area contributed by atoms with E-state index in [1.165, 1.54) is 28.4 Å². The highest BCUT2D eigenvalue weighted by Crippen LogP contribution is 2.36. The van der Waals surface area contributed by atoms with E-state index in [0.29, 0.717) is 16.9 Å². The number of likely N-dealkylation sites (tertiary alicyclic amines) is 1. The van der Waals surface area contributed by atoms with Crippen molar-refractivity contribution < 1.29 is 9.53 Å². The Labute approximate surface area is 199 Å². The Kier molecular flexibility index (Phi) is 7.54. The number of piperidine rings is 1. The molecule has 1 aliphatic heterocycles. The highest BCUT2D eigenvalue weighted by atomic mass is 32.2. The minimum atomic E-state index is -0.423. The van der Waals surface area contributed by atoms with Crippen molar-refractivity contribution in [3.8, 4) is 5.75 Å². The molecule has 33 heavy (non-hydrogen) atoms. The van der Waals surface area contributed by atoms with E-state index < -0.39 is 5.25 Å². The number of thioether (sulfide) groups is 1. The zero-order valence-corrected chi connectivity index (χ0v) is 20.0. The van der Waals surface area contributed by atoms with E-state index >= 15 is 0 Å². The maximum atomic E-state index is 13.4. The van der Waals surface area contributed by atoms with Gasteiger partial charge in [0.15, 0.2) is 5.82 Å². The van der Waals surface area contributed by atoms with Gasteiger partial charge in [-0.1, -0.05) is 68.1 Å². The van der Waals surface area contributed by atoms with Crippen LogP contribution in [-0.2, 0) is 11.4 Å². The molecule has 8 heteroatoms. The molecule has 0 unspecified atom stereocenters. The topological polar surface area (TPSA) is 86.3 Å². The monoisotopic (exact) mass is 465 g/mol. The van der Waals surface area contributed by atoms with Gasteiger partial charge in [-0.3, -0.25) is 4.79 Å². The summed E-state index contributed by atoms with van der Waals surface area (Å²) in [6, 6.07) is 17.8. The Morgan fingerprint density at radius 1 is 1.00 bits per heavy atom. The molecule has 1 amide bonds. The number of carbonyl (C=O) groups excluding carboxylic acids is 1. The van der Waals surface area contributed by atoms with Gasteiger partial charge >= 0.3 is 0 Å². The van der Waals surface area contributed by atoms with Crippen molar-refractivity contribution in [1.29, 1.82) is 0 Å². The Hall–Kier alpha value is -3.00. The van der Waals surface area contributed by atoms with E-state index in [0.717, 1.165) is 37.2 Å². The molecule has 0 radical (unpaired) electrons. The number of rotatable bonds is 8. The first-order chi connectivity index (χ1) is 16.0. The summed E-state index contributed by atoms with van der Waals surface area (Å²) in [5, 5.41) is 8.54. The van der Waals surface area contributed by atoms with Crippen LogP contribution in [0.1, 0.15) is 61.2 Å². The zero-order valence-electron chi connectivity index (χ0n) is 19.2. The molecule has 2 N–H and O–H groups in total. The molecule has 0 saturated carbocycles. The number of nitrogens with zero attached hydrogens (tertiary/aromatic N) is 4. The molecule has 1 saturated heterocycles. The number of amides is 1. The van der Waals surface area contributed by atoms with Crippen LogP contribution in [-0.4, -0.2) is 38.8 Å². The van der Waals surface area contributed by atoms with E-state index in [1.807, 2.05) is 47.4 Å². The largest absolute Gasteiger partial charge is 0.486 e. The molecule has 2 heterocycles. The van der Waals surface area contributed by atoms with Crippen LogP contribution >= 0.6 is 11.8 Å². The normalized spacial score (nSPS) is 14.9. The fraction of sp³-hybridized carbons (Fsp3) is 0.400. The molecule has 0 spiro atoms. The third kappa shape index (κ3) is 5.68. The van der Waals surface area contributed by atoms with Gasteiger partial charge < -0.3 is 15.5 Å². The molecule has 1 aromatic heterocycles. The van der Waals surface area contributed by atoms with Gasteiger partial charge in [0.1, 0.15) is 17.6 Å². The fourth-order valence-electron chi connectivity index (χ4n) is 3.86. The second-order valence-electron chi connectivity index (χ2n) is 8.58. The molecule has 3 aromatic rings. The highest BCUT2D eigenvalue weighted by molar-refractivity contribution is 8.00. The molecule has 7 nitrogen and oxygen atoms in total. The minimum absolute atomic E-state index is 0.0944. The van der Waals surface area contributed by atoms with Crippen molar-refractivity contribution in [1.82, 2.24) is 19.8 Å². The predicted molar refractivity (Wildman–Crippen MR) is 131 cm³/mol. The second-order valence-corrected chi connectivity index (χ2v) is 9.65. The summed E-state index contributed by atoms with van der Waals surface area (Å²) in [5.74, 6) is 8.12. The summed E-state index contributed by atoms with van der Waals surface area (Å²) in [4.78, 5) is 15.3. The second kappa shape index (κ2) is 10.7. The van der Waals surface area contributed by atoms with Crippen LogP contribution in [0.2, 0.25) is 0 Å². The fourth-order valence-corrected chi connectivity index (χ4v) is 4.92. The summed E-state index contributed by atoms with van der Waals surface area (Å²) in [6.45, 7) is 6.11.